The maximum atomic E-state index is 12.9. The predicted octanol–water partition coefficient (Wildman–Crippen LogP) is 3.14. The van der Waals surface area contributed by atoms with Crippen LogP contribution in [0.3, 0.4) is 0 Å². The van der Waals surface area contributed by atoms with Crippen molar-refractivity contribution >= 4 is 11.0 Å². The Labute approximate surface area is 151 Å². The average Bonchev–Trinajstić information content (AvgIpc) is 3.22. The zero-order chi connectivity index (χ0) is 19.3. The van der Waals surface area contributed by atoms with Crippen molar-refractivity contribution in [2.24, 2.45) is 14.1 Å². The van der Waals surface area contributed by atoms with E-state index in [0.717, 1.165) is 17.7 Å². The number of imidazole rings is 1. The van der Waals surface area contributed by atoms with Gasteiger partial charge in [0.1, 0.15) is 0 Å². The monoisotopic (exact) mass is 373 g/mol. The molecule has 0 aliphatic rings. The average molecular weight is 373 g/mol. The van der Waals surface area contributed by atoms with Crippen LogP contribution in [-0.2, 0) is 20.3 Å². The Bertz CT molecular complexity index is 1200. The second-order valence-corrected chi connectivity index (χ2v) is 6.22. The second-order valence-electron chi connectivity index (χ2n) is 6.22. The lowest BCUT2D eigenvalue weighted by Gasteiger charge is -2.12. The molecule has 3 aromatic heterocycles. The number of nitrogens with zero attached hydrogens (tertiary/aromatic N) is 5. The fraction of sp³-hybridized carbons (Fsp3) is 0.167. The number of aromatic nitrogens is 5. The molecule has 0 spiro atoms. The topological polar surface area (TPSA) is 57.6 Å². The minimum atomic E-state index is -4.44. The van der Waals surface area contributed by atoms with E-state index in [2.05, 4.69) is 10.1 Å². The summed E-state index contributed by atoms with van der Waals surface area (Å²) in [6.07, 6.45) is 2.15. The molecule has 0 radical (unpaired) electrons. The Balaban J connectivity index is 1.97. The van der Waals surface area contributed by atoms with Crippen LogP contribution in [-0.4, -0.2) is 23.9 Å². The fourth-order valence-corrected chi connectivity index (χ4v) is 3.04. The summed E-state index contributed by atoms with van der Waals surface area (Å²) < 4.78 is 43.1. The predicted molar refractivity (Wildman–Crippen MR) is 93.5 cm³/mol. The normalized spacial score (nSPS) is 12.0. The van der Waals surface area contributed by atoms with Crippen LogP contribution in [0.4, 0.5) is 13.2 Å². The van der Waals surface area contributed by atoms with Crippen LogP contribution in [0.15, 0.2) is 54.0 Å². The van der Waals surface area contributed by atoms with Gasteiger partial charge in [-0.3, -0.25) is 14.0 Å². The molecule has 0 saturated heterocycles. The molecule has 4 aromatic rings. The third kappa shape index (κ3) is 2.80. The second kappa shape index (κ2) is 5.83. The van der Waals surface area contributed by atoms with Crippen molar-refractivity contribution in [1.82, 2.24) is 23.9 Å². The zero-order valence-electron chi connectivity index (χ0n) is 14.4. The molecule has 0 N–H and O–H groups in total. The molecule has 0 bridgehead atoms. The molecule has 27 heavy (non-hydrogen) atoms. The molecule has 0 unspecified atom stereocenters. The highest BCUT2D eigenvalue weighted by molar-refractivity contribution is 5.91. The first-order chi connectivity index (χ1) is 12.8. The highest BCUT2D eigenvalue weighted by Crippen LogP contribution is 2.30. The number of hydrogen-bond donors (Lipinski definition) is 0. The molecule has 9 heteroatoms. The summed E-state index contributed by atoms with van der Waals surface area (Å²) in [4.78, 5) is 17.0. The van der Waals surface area contributed by atoms with E-state index in [1.807, 2.05) is 0 Å². The fourth-order valence-electron chi connectivity index (χ4n) is 3.04. The van der Waals surface area contributed by atoms with Crippen molar-refractivity contribution < 1.29 is 13.2 Å². The van der Waals surface area contributed by atoms with Crippen molar-refractivity contribution in [2.75, 3.05) is 0 Å². The third-order valence-electron chi connectivity index (χ3n) is 4.36. The first-order valence-electron chi connectivity index (χ1n) is 7.99. The lowest BCUT2D eigenvalue weighted by atomic mass is 10.1. The van der Waals surface area contributed by atoms with E-state index in [1.54, 1.807) is 41.9 Å². The van der Waals surface area contributed by atoms with Crippen LogP contribution >= 0.6 is 0 Å². The van der Waals surface area contributed by atoms with Gasteiger partial charge in [0.2, 0.25) is 0 Å². The standard InChI is InChI=1S/C18H14F3N5O/c1-24-10-22-15-16(24)14(11-7-23-25(2)8-11)9-26(17(15)27)13-5-3-12(4-6-13)18(19,20)21/h3-10H,1-2H3. The maximum absolute atomic E-state index is 12.9. The first-order valence-corrected chi connectivity index (χ1v) is 7.99. The van der Waals surface area contributed by atoms with Gasteiger partial charge < -0.3 is 4.57 Å². The van der Waals surface area contributed by atoms with E-state index in [9.17, 15) is 18.0 Å². The van der Waals surface area contributed by atoms with Crippen LogP contribution < -0.4 is 5.56 Å². The summed E-state index contributed by atoms with van der Waals surface area (Å²) in [6.45, 7) is 0. The van der Waals surface area contributed by atoms with Crippen molar-refractivity contribution in [3.63, 3.8) is 0 Å². The molecule has 6 nitrogen and oxygen atoms in total. The van der Waals surface area contributed by atoms with E-state index in [0.29, 0.717) is 16.8 Å². The largest absolute Gasteiger partial charge is 0.416 e. The minimum absolute atomic E-state index is 0.235. The van der Waals surface area contributed by atoms with E-state index in [-0.39, 0.29) is 5.52 Å². The Morgan fingerprint density at radius 3 is 2.33 bits per heavy atom. The van der Waals surface area contributed by atoms with Gasteiger partial charge in [0, 0.05) is 43.3 Å². The van der Waals surface area contributed by atoms with Crippen molar-refractivity contribution in [2.45, 2.75) is 6.18 Å². The summed E-state index contributed by atoms with van der Waals surface area (Å²) in [5, 5.41) is 4.15. The molecule has 0 aliphatic heterocycles. The van der Waals surface area contributed by atoms with E-state index in [4.69, 9.17) is 0 Å². The Hall–Kier alpha value is -3.36. The molecular formula is C18H14F3N5O. The van der Waals surface area contributed by atoms with E-state index < -0.39 is 17.3 Å². The number of halogens is 3. The van der Waals surface area contributed by atoms with Gasteiger partial charge in [-0.1, -0.05) is 0 Å². The number of benzene rings is 1. The quantitative estimate of drug-likeness (QED) is 0.542. The lowest BCUT2D eigenvalue weighted by Crippen LogP contribution is -2.19. The van der Waals surface area contributed by atoms with Gasteiger partial charge in [0.05, 0.1) is 23.6 Å². The molecule has 0 aliphatic carbocycles. The summed E-state index contributed by atoms with van der Waals surface area (Å²) in [5.41, 5.74) is 1.49. The summed E-state index contributed by atoms with van der Waals surface area (Å²) in [6, 6.07) is 4.44. The van der Waals surface area contributed by atoms with Gasteiger partial charge in [-0.25, -0.2) is 4.98 Å². The smallest absolute Gasteiger partial charge is 0.333 e. The summed E-state index contributed by atoms with van der Waals surface area (Å²) in [5.74, 6) is 0. The number of fused-ring (bicyclic) bond motifs is 1. The third-order valence-corrected chi connectivity index (χ3v) is 4.36. The van der Waals surface area contributed by atoms with Gasteiger partial charge >= 0.3 is 6.18 Å². The first kappa shape index (κ1) is 17.1. The van der Waals surface area contributed by atoms with Gasteiger partial charge in [0.15, 0.2) is 5.52 Å². The molecule has 1 aromatic carbocycles. The highest BCUT2D eigenvalue weighted by atomic mass is 19.4. The molecule has 3 heterocycles. The van der Waals surface area contributed by atoms with E-state index >= 15 is 0 Å². The van der Waals surface area contributed by atoms with Gasteiger partial charge in [-0.15, -0.1) is 0 Å². The molecule has 138 valence electrons. The van der Waals surface area contributed by atoms with Crippen LogP contribution in [0.1, 0.15) is 5.56 Å². The Kier molecular flexibility index (Phi) is 3.69. The van der Waals surface area contributed by atoms with Crippen LogP contribution in [0.2, 0.25) is 0 Å². The van der Waals surface area contributed by atoms with Crippen molar-refractivity contribution in [3.05, 3.63) is 65.1 Å². The summed E-state index contributed by atoms with van der Waals surface area (Å²) >= 11 is 0. The highest BCUT2D eigenvalue weighted by Gasteiger charge is 2.30. The number of alkyl halides is 3. The SMILES string of the molecule is Cn1cc(-c2cn(-c3ccc(C(F)(F)F)cc3)c(=O)c3ncn(C)c23)cn1. The molecule has 0 fully saturated rings. The molecule has 0 amide bonds. The lowest BCUT2D eigenvalue weighted by molar-refractivity contribution is -0.137. The maximum Gasteiger partial charge on any atom is 0.416 e. The molecule has 0 atom stereocenters. The van der Waals surface area contributed by atoms with Gasteiger partial charge in [-0.2, -0.15) is 18.3 Å². The molecule has 4 rings (SSSR count). The van der Waals surface area contributed by atoms with Crippen molar-refractivity contribution in [3.8, 4) is 16.8 Å². The number of hydrogen-bond acceptors (Lipinski definition) is 3. The minimum Gasteiger partial charge on any atom is -0.333 e. The Morgan fingerprint density at radius 2 is 1.74 bits per heavy atom. The van der Waals surface area contributed by atoms with Gasteiger partial charge in [-0.05, 0) is 24.3 Å². The van der Waals surface area contributed by atoms with Gasteiger partial charge in [0.25, 0.3) is 5.56 Å². The molecule has 0 saturated carbocycles. The van der Waals surface area contributed by atoms with Crippen LogP contribution in [0.5, 0.6) is 0 Å². The number of aryl methyl sites for hydroxylation is 2. The van der Waals surface area contributed by atoms with Crippen LogP contribution in [0.25, 0.3) is 27.8 Å². The number of rotatable bonds is 2. The Morgan fingerprint density at radius 1 is 1.04 bits per heavy atom. The zero-order valence-corrected chi connectivity index (χ0v) is 14.4. The van der Waals surface area contributed by atoms with E-state index in [1.165, 1.54) is 23.0 Å². The molecular weight excluding hydrogens is 359 g/mol. The summed E-state index contributed by atoms with van der Waals surface area (Å²) in [7, 11) is 3.55. The van der Waals surface area contributed by atoms with Crippen LogP contribution in [0, 0.1) is 0 Å². The van der Waals surface area contributed by atoms with Crippen molar-refractivity contribution in [1.29, 1.82) is 0 Å². The number of pyridine rings is 1.